The number of aromatic nitrogens is 4. The van der Waals surface area contributed by atoms with Gasteiger partial charge < -0.3 is 20.1 Å². The number of amides is 1. The smallest absolute Gasteiger partial charge is 0.255 e. The van der Waals surface area contributed by atoms with Crippen molar-refractivity contribution in [3.05, 3.63) is 65.4 Å². The topological polar surface area (TPSA) is 82.1 Å². The maximum atomic E-state index is 12.9. The molecule has 34 heavy (non-hydrogen) atoms. The molecule has 8 nitrogen and oxygen atoms in total. The third kappa shape index (κ3) is 4.88. The number of anilines is 1. The highest BCUT2D eigenvalue weighted by Crippen LogP contribution is 2.22. The quantitative estimate of drug-likeness (QED) is 0.464. The standard InChI is InChI=1S/C26H31N7O/c1-18-16-24(32(3)30-18)25-28-22-9-6-20(17-23(22)29-25)26(34)27-21-7-4-19(5-8-21)10-11-33-14-12-31(2)13-15-33/h4-9,16-17H,10-15H2,1-3H3,(H,27,34)(H,28,29). The lowest BCUT2D eigenvalue weighted by Gasteiger charge is -2.32. The summed E-state index contributed by atoms with van der Waals surface area (Å²) in [5.41, 5.74) is 6.15. The van der Waals surface area contributed by atoms with Crippen molar-refractivity contribution in [1.29, 1.82) is 0 Å². The Labute approximate surface area is 199 Å². The SMILES string of the molecule is Cc1cc(-c2nc3ccc(C(=O)Nc4ccc(CCN5CCN(C)CC5)cc4)cc3[nH]2)n(C)n1. The van der Waals surface area contributed by atoms with Gasteiger partial charge in [0.15, 0.2) is 5.82 Å². The number of carbonyl (C=O) groups excluding carboxylic acids is 1. The van der Waals surface area contributed by atoms with Crippen LogP contribution in [-0.4, -0.2) is 75.2 Å². The fourth-order valence-corrected chi connectivity index (χ4v) is 4.42. The second kappa shape index (κ2) is 9.40. The molecule has 0 saturated carbocycles. The molecule has 1 saturated heterocycles. The molecule has 0 radical (unpaired) electrons. The number of aromatic amines is 1. The minimum atomic E-state index is -0.139. The molecule has 5 rings (SSSR count). The number of nitrogens with one attached hydrogen (secondary N) is 2. The van der Waals surface area contributed by atoms with Gasteiger partial charge in [-0.3, -0.25) is 9.48 Å². The van der Waals surface area contributed by atoms with Crippen LogP contribution in [-0.2, 0) is 13.5 Å². The number of nitrogens with zero attached hydrogens (tertiary/aromatic N) is 5. The molecule has 1 fully saturated rings. The van der Waals surface area contributed by atoms with Gasteiger partial charge in [0.25, 0.3) is 5.91 Å². The van der Waals surface area contributed by atoms with E-state index in [4.69, 9.17) is 0 Å². The van der Waals surface area contributed by atoms with Crippen molar-refractivity contribution in [2.24, 2.45) is 7.05 Å². The van der Waals surface area contributed by atoms with Crippen LogP contribution in [0.3, 0.4) is 0 Å². The maximum absolute atomic E-state index is 12.9. The van der Waals surface area contributed by atoms with Crippen LogP contribution in [0.25, 0.3) is 22.6 Å². The molecule has 0 bridgehead atoms. The highest BCUT2D eigenvalue weighted by atomic mass is 16.1. The van der Waals surface area contributed by atoms with Gasteiger partial charge in [0.2, 0.25) is 0 Å². The molecule has 1 amide bonds. The monoisotopic (exact) mass is 457 g/mol. The van der Waals surface area contributed by atoms with Gasteiger partial charge in [0.05, 0.1) is 16.7 Å². The van der Waals surface area contributed by atoms with E-state index in [1.807, 2.05) is 44.3 Å². The normalized spacial score (nSPS) is 15.1. The number of rotatable bonds is 6. The van der Waals surface area contributed by atoms with Gasteiger partial charge in [-0.2, -0.15) is 5.10 Å². The molecule has 0 atom stereocenters. The van der Waals surface area contributed by atoms with Crippen LogP contribution in [0, 0.1) is 6.92 Å². The fourth-order valence-electron chi connectivity index (χ4n) is 4.42. The number of likely N-dealkylation sites (N-methyl/N-ethyl adjacent to an activating group) is 1. The summed E-state index contributed by atoms with van der Waals surface area (Å²) in [4.78, 5) is 25.7. The Hall–Kier alpha value is -3.49. The minimum Gasteiger partial charge on any atom is -0.337 e. The first-order valence-electron chi connectivity index (χ1n) is 11.8. The first kappa shape index (κ1) is 22.3. The molecule has 3 heterocycles. The third-order valence-corrected chi connectivity index (χ3v) is 6.51. The average molecular weight is 458 g/mol. The fraction of sp³-hybridized carbons (Fsp3) is 0.346. The van der Waals surface area contributed by atoms with E-state index in [0.717, 1.165) is 73.1 Å². The zero-order valence-corrected chi connectivity index (χ0v) is 20.0. The number of carbonyl (C=O) groups is 1. The van der Waals surface area contributed by atoms with E-state index in [9.17, 15) is 4.79 Å². The van der Waals surface area contributed by atoms with Crippen LogP contribution in [0.15, 0.2) is 48.5 Å². The van der Waals surface area contributed by atoms with E-state index in [0.29, 0.717) is 5.56 Å². The van der Waals surface area contributed by atoms with E-state index in [2.05, 4.69) is 49.4 Å². The molecule has 1 aliphatic heterocycles. The summed E-state index contributed by atoms with van der Waals surface area (Å²) in [5.74, 6) is 0.599. The highest BCUT2D eigenvalue weighted by Gasteiger charge is 2.14. The molecular weight excluding hydrogens is 426 g/mol. The molecule has 1 aliphatic rings. The van der Waals surface area contributed by atoms with Crippen molar-refractivity contribution in [3.8, 4) is 11.5 Å². The molecule has 0 unspecified atom stereocenters. The molecule has 176 valence electrons. The second-order valence-corrected chi connectivity index (χ2v) is 9.16. The second-order valence-electron chi connectivity index (χ2n) is 9.16. The van der Waals surface area contributed by atoms with Gasteiger partial charge in [-0.25, -0.2) is 4.98 Å². The van der Waals surface area contributed by atoms with Gasteiger partial charge in [0.1, 0.15) is 5.69 Å². The van der Waals surface area contributed by atoms with Gasteiger partial charge in [-0.15, -0.1) is 0 Å². The van der Waals surface area contributed by atoms with Crippen LogP contribution >= 0.6 is 0 Å². The Kier molecular flexibility index (Phi) is 6.17. The number of aryl methyl sites for hydroxylation is 2. The third-order valence-electron chi connectivity index (χ3n) is 6.51. The number of piperazine rings is 1. The predicted molar refractivity (Wildman–Crippen MR) is 135 cm³/mol. The zero-order chi connectivity index (χ0) is 23.7. The van der Waals surface area contributed by atoms with Crippen molar-refractivity contribution >= 4 is 22.6 Å². The van der Waals surface area contributed by atoms with Gasteiger partial charge >= 0.3 is 0 Å². The number of imidazole rings is 1. The van der Waals surface area contributed by atoms with Gasteiger partial charge in [0, 0.05) is 51.0 Å². The highest BCUT2D eigenvalue weighted by molar-refractivity contribution is 6.06. The number of hydrogen-bond donors (Lipinski definition) is 2. The molecule has 0 aliphatic carbocycles. The summed E-state index contributed by atoms with van der Waals surface area (Å²) in [6, 6.07) is 15.7. The first-order valence-corrected chi connectivity index (χ1v) is 11.8. The largest absolute Gasteiger partial charge is 0.337 e. The van der Waals surface area contributed by atoms with Crippen LogP contribution in [0.4, 0.5) is 5.69 Å². The van der Waals surface area contributed by atoms with Crippen molar-refractivity contribution in [2.75, 3.05) is 45.1 Å². The van der Waals surface area contributed by atoms with Crippen LogP contribution in [0.1, 0.15) is 21.6 Å². The summed E-state index contributed by atoms with van der Waals surface area (Å²) in [5, 5.41) is 7.39. The summed E-state index contributed by atoms with van der Waals surface area (Å²) in [7, 11) is 4.07. The van der Waals surface area contributed by atoms with E-state index in [-0.39, 0.29) is 5.91 Å². The minimum absolute atomic E-state index is 0.139. The Morgan fingerprint density at radius 1 is 1.03 bits per heavy atom. The molecule has 4 aromatic rings. The lowest BCUT2D eigenvalue weighted by Crippen LogP contribution is -2.45. The van der Waals surface area contributed by atoms with E-state index in [1.54, 1.807) is 10.7 Å². The Bertz CT molecular complexity index is 1300. The van der Waals surface area contributed by atoms with Crippen molar-refractivity contribution in [3.63, 3.8) is 0 Å². The average Bonchev–Trinajstić information content (AvgIpc) is 3.41. The van der Waals surface area contributed by atoms with Gasteiger partial charge in [-0.05, 0) is 62.4 Å². The number of hydrogen-bond acceptors (Lipinski definition) is 5. The molecule has 8 heteroatoms. The predicted octanol–water partition coefficient (Wildman–Crippen LogP) is 3.31. The zero-order valence-electron chi connectivity index (χ0n) is 20.0. The van der Waals surface area contributed by atoms with Crippen LogP contribution in [0.2, 0.25) is 0 Å². The number of fused-ring (bicyclic) bond motifs is 1. The summed E-state index contributed by atoms with van der Waals surface area (Å²) in [6.07, 6.45) is 1.02. The lowest BCUT2D eigenvalue weighted by molar-refractivity contribution is 0.102. The van der Waals surface area contributed by atoms with Crippen molar-refractivity contribution in [2.45, 2.75) is 13.3 Å². The molecule has 0 spiro atoms. The van der Waals surface area contributed by atoms with E-state index in [1.165, 1.54) is 5.56 Å². The number of benzene rings is 2. The lowest BCUT2D eigenvalue weighted by atomic mass is 10.1. The summed E-state index contributed by atoms with van der Waals surface area (Å²) >= 11 is 0. The summed E-state index contributed by atoms with van der Waals surface area (Å²) in [6.45, 7) is 7.57. The van der Waals surface area contributed by atoms with Crippen molar-refractivity contribution < 1.29 is 4.79 Å². The number of H-pyrrole nitrogens is 1. The van der Waals surface area contributed by atoms with Gasteiger partial charge in [-0.1, -0.05) is 12.1 Å². The molecular formula is C26H31N7O. The Morgan fingerprint density at radius 2 is 1.79 bits per heavy atom. The Balaban J connectivity index is 1.22. The first-order chi connectivity index (χ1) is 16.4. The van der Waals surface area contributed by atoms with Crippen LogP contribution in [0.5, 0.6) is 0 Å². The maximum Gasteiger partial charge on any atom is 0.255 e. The van der Waals surface area contributed by atoms with Crippen LogP contribution < -0.4 is 5.32 Å². The molecule has 2 N–H and O–H groups in total. The van der Waals surface area contributed by atoms with Crippen molar-refractivity contribution in [1.82, 2.24) is 29.5 Å². The Morgan fingerprint density at radius 3 is 2.50 bits per heavy atom. The summed E-state index contributed by atoms with van der Waals surface area (Å²) < 4.78 is 1.80. The van der Waals surface area contributed by atoms with E-state index >= 15 is 0 Å². The molecule has 2 aromatic heterocycles. The van der Waals surface area contributed by atoms with E-state index < -0.39 is 0 Å². The molecule has 2 aromatic carbocycles.